The average molecular weight is 532 g/mol. The molecule has 3 aromatic carbocycles. The first-order chi connectivity index (χ1) is 16.8. The lowest BCUT2D eigenvalue weighted by atomic mass is 10.0. The lowest BCUT2D eigenvalue weighted by Crippen LogP contribution is -2.51. The number of carbonyl (C=O) groups excluding carboxylic acids is 2. The largest absolute Gasteiger partial charge is 0.354 e. The summed E-state index contributed by atoms with van der Waals surface area (Å²) in [5.74, 6) is -0.209. The molecule has 0 saturated heterocycles. The number of benzene rings is 3. The molecule has 0 bridgehead atoms. The quantitative estimate of drug-likeness (QED) is 0.320. The first-order valence-electron chi connectivity index (χ1n) is 11.5. The molecule has 0 unspecified atom stereocenters. The lowest BCUT2D eigenvalue weighted by molar-refractivity contribution is -0.140. The molecule has 184 valence electrons. The van der Waals surface area contributed by atoms with Crippen LogP contribution in [0, 0.1) is 5.92 Å². The number of hydrogen-bond acceptors (Lipinski definition) is 2. The Morgan fingerprint density at radius 3 is 2.06 bits per heavy atom. The molecule has 2 amide bonds. The fourth-order valence-electron chi connectivity index (χ4n) is 3.74. The molecule has 4 nitrogen and oxygen atoms in total. The van der Waals surface area contributed by atoms with Crippen LogP contribution in [-0.2, 0) is 29.0 Å². The van der Waals surface area contributed by atoms with Gasteiger partial charge in [-0.05, 0) is 40.8 Å². The number of amides is 2. The summed E-state index contributed by atoms with van der Waals surface area (Å²) in [6.07, 6.45) is 0.322. The molecule has 1 atom stereocenters. The maximum Gasteiger partial charge on any atom is 0.243 e. The minimum Gasteiger partial charge on any atom is -0.354 e. The number of nitrogens with zero attached hydrogens (tertiary/aromatic N) is 1. The van der Waals surface area contributed by atoms with Crippen molar-refractivity contribution in [1.82, 2.24) is 10.2 Å². The molecule has 1 N–H and O–H groups in total. The van der Waals surface area contributed by atoms with Crippen LogP contribution < -0.4 is 5.32 Å². The topological polar surface area (TPSA) is 49.4 Å². The van der Waals surface area contributed by atoms with E-state index in [-0.39, 0.29) is 30.7 Å². The Bertz CT molecular complexity index is 1130. The van der Waals surface area contributed by atoms with Crippen molar-refractivity contribution in [3.63, 3.8) is 0 Å². The zero-order chi connectivity index (χ0) is 25.4. The predicted octanol–water partition coefficient (Wildman–Crippen LogP) is 6.60. The summed E-state index contributed by atoms with van der Waals surface area (Å²) in [4.78, 5) is 28.8. The Balaban J connectivity index is 2.01. The first-order valence-corrected chi connectivity index (χ1v) is 12.7. The molecule has 0 spiro atoms. The fraction of sp³-hybridized carbons (Fsp3) is 0.286. The zero-order valence-electron chi connectivity index (χ0n) is 19.8. The highest BCUT2D eigenvalue weighted by molar-refractivity contribution is 6.36. The normalized spacial score (nSPS) is 11.8. The molecule has 7 heteroatoms. The van der Waals surface area contributed by atoms with Crippen LogP contribution >= 0.6 is 34.8 Å². The van der Waals surface area contributed by atoms with Crippen molar-refractivity contribution < 1.29 is 9.59 Å². The van der Waals surface area contributed by atoms with Crippen molar-refractivity contribution in [2.45, 2.75) is 39.3 Å². The third-order valence-electron chi connectivity index (χ3n) is 5.64. The van der Waals surface area contributed by atoms with Crippen LogP contribution in [0.5, 0.6) is 0 Å². The highest BCUT2D eigenvalue weighted by Gasteiger charge is 2.31. The minimum atomic E-state index is -0.749. The standard InChI is InChI=1S/C28H29Cl3N2O2/c1-19(2)17-32-28(35)26(15-20-9-4-3-5-10-20)33(18-21-11-6-7-12-23(21)29)27(34)16-22-24(30)13-8-14-25(22)31/h3-14,19,26H,15-18H2,1-2H3,(H,32,35)/t26-/m0/s1. The third-order valence-corrected chi connectivity index (χ3v) is 6.72. The molecule has 0 aliphatic rings. The molecule has 3 rings (SSSR count). The summed E-state index contributed by atoms with van der Waals surface area (Å²) in [5.41, 5.74) is 2.23. The average Bonchev–Trinajstić information content (AvgIpc) is 2.83. The summed E-state index contributed by atoms with van der Waals surface area (Å²) in [7, 11) is 0. The summed E-state index contributed by atoms with van der Waals surface area (Å²) in [6, 6.07) is 21.4. The number of rotatable bonds is 10. The second kappa shape index (κ2) is 13.0. The SMILES string of the molecule is CC(C)CNC(=O)[C@H](Cc1ccccc1)N(Cc1ccccc1Cl)C(=O)Cc1c(Cl)cccc1Cl. The highest BCUT2D eigenvalue weighted by Crippen LogP contribution is 2.27. The monoisotopic (exact) mass is 530 g/mol. The van der Waals surface area contributed by atoms with Crippen LogP contribution in [0.3, 0.4) is 0 Å². The number of carbonyl (C=O) groups is 2. The van der Waals surface area contributed by atoms with Gasteiger partial charge in [0.2, 0.25) is 11.8 Å². The third kappa shape index (κ3) is 7.73. The van der Waals surface area contributed by atoms with Gasteiger partial charge in [-0.3, -0.25) is 9.59 Å². The van der Waals surface area contributed by atoms with E-state index < -0.39 is 6.04 Å². The van der Waals surface area contributed by atoms with Crippen molar-refractivity contribution >= 4 is 46.6 Å². The zero-order valence-corrected chi connectivity index (χ0v) is 22.1. The summed E-state index contributed by atoms with van der Waals surface area (Å²) < 4.78 is 0. The Labute approximate surface area is 222 Å². The van der Waals surface area contributed by atoms with E-state index in [1.165, 1.54) is 0 Å². The molecular weight excluding hydrogens is 503 g/mol. The van der Waals surface area contributed by atoms with Crippen LogP contribution in [0.1, 0.15) is 30.5 Å². The molecule has 0 fully saturated rings. The number of hydrogen-bond donors (Lipinski definition) is 1. The molecule has 0 heterocycles. The van der Waals surface area contributed by atoms with Gasteiger partial charge < -0.3 is 10.2 Å². The van der Waals surface area contributed by atoms with E-state index in [2.05, 4.69) is 5.32 Å². The van der Waals surface area contributed by atoms with E-state index in [0.717, 1.165) is 11.1 Å². The van der Waals surface area contributed by atoms with Gasteiger partial charge in [-0.15, -0.1) is 0 Å². The fourth-order valence-corrected chi connectivity index (χ4v) is 4.47. The summed E-state index contributed by atoms with van der Waals surface area (Å²) >= 11 is 19.2. The molecule has 0 aliphatic heterocycles. The number of nitrogens with one attached hydrogen (secondary N) is 1. The van der Waals surface area contributed by atoms with Gasteiger partial charge in [0, 0.05) is 34.6 Å². The minimum absolute atomic E-state index is 0.0360. The predicted molar refractivity (Wildman–Crippen MR) is 144 cm³/mol. The number of halogens is 3. The van der Waals surface area contributed by atoms with E-state index in [1.807, 2.05) is 62.4 Å². The van der Waals surface area contributed by atoms with Crippen LogP contribution in [0.2, 0.25) is 15.1 Å². The molecule has 0 aromatic heterocycles. The second-order valence-electron chi connectivity index (χ2n) is 8.83. The van der Waals surface area contributed by atoms with Gasteiger partial charge in [0.25, 0.3) is 0 Å². The molecule has 35 heavy (non-hydrogen) atoms. The van der Waals surface area contributed by atoms with Gasteiger partial charge >= 0.3 is 0 Å². The summed E-state index contributed by atoms with van der Waals surface area (Å²) in [5, 5.41) is 4.36. The lowest BCUT2D eigenvalue weighted by Gasteiger charge is -2.32. The second-order valence-corrected chi connectivity index (χ2v) is 10.1. The first kappa shape index (κ1) is 27.1. The molecular formula is C28H29Cl3N2O2. The van der Waals surface area contributed by atoms with Crippen LogP contribution in [0.4, 0.5) is 0 Å². The van der Waals surface area contributed by atoms with Gasteiger partial charge in [0.1, 0.15) is 6.04 Å². The highest BCUT2D eigenvalue weighted by atomic mass is 35.5. The smallest absolute Gasteiger partial charge is 0.243 e. The van der Waals surface area contributed by atoms with E-state index in [4.69, 9.17) is 34.8 Å². The summed E-state index contributed by atoms with van der Waals surface area (Å²) in [6.45, 7) is 4.73. The molecule has 0 radical (unpaired) electrons. The molecule has 0 aliphatic carbocycles. The van der Waals surface area contributed by atoms with Crippen molar-refractivity contribution in [2.75, 3.05) is 6.54 Å². The van der Waals surface area contributed by atoms with Crippen molar-refractivity contribution in [1.29, 1.82) is 0 Å². The van der Waals surface area contributed by atoms with Gasteiger partial charge in [-0.2, -0.15) is 0 Å². The maximum absolute atomic E-state index is 13.8. The Kier molecular flexibility index (Phi) is 10.0. The van der Waals surface area contributed by atoms with E-state index in [0.29, 0.717) is 33.6 Å². The van der Waals surface area contributed by atoms with Crippen LogP contribution in [0.25, 0.3) is 0 Å². The van der Waals surface area contributed by atoms with Crippen molar-refractivity contribution in [2.24, 2.45) is 5.92 Å². The van der Waals surface area contributed by atoms with Gasteiger partial charge in [-0.25, -0.2) is 0 Å². The van der Waals surface area contributed by atoms with E-state index in [1.54, 1.807) is 29.2 Å². The van der Waals surface area contributed by atoms with E-state index in [9.17, 15) is 9.59 Å². The Morgan fingerprint density at radius 1 is 0.829 bits per heavy atom. The maximum atomic E-state index is 13.8. The van der Waals surface area contributed by atoms with Crippen LogP contribution in [-0.4, -0.2) is 29.3 Å². The van der Waals surface area contributed by atoms with Gasteiger partial charge in [-0.1, -0.05) is 103 Å². The molecule has 0 saturated carbocycles. The Morgan fingerprint density at radius 2 is 1.43 bits per heavy atom. The Hall–Kier alpha value is -2.53. The van der Waals surface area contributed by atoms with E-state index >= 15 is 0 Å². The van der Waals surface area contributed by atoms with Crippen molar-refractivity contribution in [3.8, 4) is 0 Å². The van der Waals surface area contributed by atoms with Gasteiger partial charge in [0.15, 0.2) is 0 Å². The van der Waals surface area contributed by atoms with Crippen LogP contribution in [0.15, 0.2) is 72.8 Å². The van der Waals surface area contributed by atoms with Gasteiger partial charge in [0.05, 0.1) is 6.42 Å². The van der Waals surface area contributed by atoms with Crippen molar-refractivity contribution in [3.05, 3.63) is 105 Å². The molecule has 3 aromatic rings.